The molecule has 0 aliphatic heterocycles. The number of nitrogens with zero attached hydrogens (tertiary/aromatic N) is 1. The lowest BCUT2D eigenvalue weighted by molar-refractivity contribution is 0.590. The third kappa shape index (κ3) is 6.80. The first-order valence-corrected chi connectivity index (χ1v) is 17.3. The largest absolute Gasteiger partial charge is 0.310 e. The number of hydrogen-bond donors (Lipinski definition) is 0. The Labute approximate surface area is 292 Å². The van der Waals surface area contributed by atoms with Crippen LogP contribution in [0.5, 0.6) is 0 Å². The standard InChI is InChI=1S/C48H45N/c1-47(2,3)40-25-17-34(18-26-40)36-21-29-42(30-22-36)49(43-31-23-37(24-32-43)35-19-27-41(28-20-35)48(4,5)6)44-14-9-13-39(33-44)46-16-10-12-38-11-7-8-15-45(38)46/h7-33H,1-6H3. The maximum absolute atomic E-state index is 2.37. The molecule has 49 heavy (non-hydrogen) atoms. The van der Waals surface area contributed by atoms with Crippen LogP contribution in [-0.4, -0.2) is 0 Å². The van der Waals surface area contributed by atoms with Crippen LogP contribution in [0.2, 0.25) is 0 Å². The van der Waals surface area contributed by atoms with E-state index in [1.165, 1.54) is 55.3 Å². The minimum Gasteiger partial charge on any atom is -0.310 e. The number of benzene rings is 7. The van der Waals surface area contributed by atoms with Gasteiger partial charge in [-0.05, 0) is 103 Å². The van der Waals surface area contributed by atoms with E-state index in [9.17, 15) is 0 Å². The van der Waals surface area contributed by atoms with Crippen LogP contribution >= 0.6 is 0 Å². The van der Waals surface area contributed by atoms with Crippen molar-refractivity contribution < 1.29 is 0 Å². The fourth-order valence-electron chi connectivity index (χ4n) is 6.67. The van der Waals surface area contributed by atoms with E-state index in [0.29, 0.717) is 0 Å². The van der Waals surface area contributed by atoms with Gasteiger partial charge in [0.15, 0.2) is 0 Å². The summed E-state index contributed by atoms with van der Waals surface area (Å²) in [6.07, 6.45) is 0. The molecule has 0 unspecified atom stereocenters. The molecule has 0 saturated heterocycles. The average molecular weight is 636 g/mol. The molecular weight excluding hydrogens is 591 g/mol. The van der Waals surface area contributed by atoms with E-state index in [2.05, 4.69) is 210 Å². The van der Waals surface area contributed by atoms with Gasteiger partial charge in [0.25, 0.3) is 0 Å². The van der Waals surface area contributed by atoms with Crippen LogP contribution in [0, 0.1) is 0 Å². The summed E-state index contributed by atoms with van der Waals surface area (Å²) in [5, 5.41) is 2.51. The van der Waals surface area contributed by atoms with Crippen molar-refractivity contribution in [3.8, 4) is 33.4 Å². The van der Waals surface area contributed by atoms with Crippen LogP contribution in [0.15, 0.2) is 164 Å². The Bertz CT molecular complexity index is 2080. The quantitative estimate of drug-likeness (QED) is 0.176. The normalized spacial score (nSPS) is 11.9. The van der Waals surface area contributed by atoms with Gasteiger partial charge >= 0.3 is 0 Å². The Hall–Kier alpha value is -5.40. The SMILES string of the molecule is CC(C)(C)c1ccc(-c2ccc(N(c3ccc(-c4ccc(C(C)(C)C)cc4)cc3)c3cccc(-c4cccc5ccccc45)c3)cc2)cc1. The van der Waals surface area contributed by atoms with Gasteiger partial charge in [-0.25, -0.2) is 0 Å². The lowest BCUT2D eigenvalue weighted by atomic mass is 9.86. The Balaban J connectivity index is 1.28. The molecular formula is C48H45N. The lowest BCUT2D eigenvalue weighted by Gasteiger charge is -2.26. The van der Waals surface area contributed by atoms with Gasteiger partial charge in [0.2, 0.25) is 0 Å². The van der Waals surface area contributed by atoms with Gasteiger partial charge in [-0.1, -0.05) is 169 Å². The first-order chi connectivity index (χ1) is 23.5. The fourth-order valence-corrected chi connectivity index (χ4v) is 6.67. The first kappa shape index (κ1) is 32.2. The lowest BCUT2D eigenvalue weighted by Crippen LogP contribution is -2.10. The van der Waals surface area contributed by atoms with Crippen molar-refractivity contribution >= 4 is 27.8 Å². The summed E-state index contributed by atoms with van der Waals surface area (Å²) in [4.78, 5) is 2.37. The summed E-state index contributed by atoms with van der Waals surface area (Å²) in [7, 11) is 0. The third-order valence-corrected chi connectivity index (χ3v) is 9.62. The average Bonchev–Trinajstić information content (AvgIpc) is 3.12. The number of fused-ring (bicyclic) bond motifs is 1. The predicted octanol–water partition coefficient (Wildman–Crippen LogP) is 13.9. The molecule has 0 fully saturated rings. The molecule has 7 aromatic rings. The van der Waals surface area contributed by atoms with E-state index >= 15 is 0 Å². The Kier molecular flexibility index (Phi) is 8.47. The summed E-state index contributed by atoms with van der Waals surface area (Å²) in [5.74, 6) is 0. The van der Waals surface area contributed by atoms with Crippen LogP contribution < -0.4 is 4.90 Å². The van der Waals surface area contributed by atoms with Gasteiger partial charge in [-0.15, -0.1) is 0 Å². The van der Waals surface area contributed by atoms with E-state index in [4.69, 9.17) is 0 Å². The molecule has 7 rings (SSSR count). The zero-order chi connectivity index (χ0) is 34.2. The first-order valence-electron chi connectivity index (χ1n) is 17.3. The number of hydrogen-bond acceptors (Lipinski definition) is 1. The zero-order valence-electron chi connectivity index (χ0n) is 29.5. The Morgan fingerprint density at radius 2 is 0.776 bits per heavy atom. The van der Waals surface area contributed by atoms with Crippen molar-refractivity contribution in [2.75, 3.05) is 4.90 Å². The van der Waals surface area contributed by atoms with Crippen molar-refractivity contribution in [3.63, 3.8) is 0 Å². The maximum Gasteiger partial charge on any atom is 0.0467 e. The van der Waals surface area contributed by atoms with E-state index in [-0.39, 0.29) is 10.8 Å². The highest BCUT2D eigenvalue weighted by molar-refractivity contribution is 5.97. The molecule has 0 radical (unpaired) electrons. The molecule has 1 heteroatoms. The molecule has 0 aromatic heterocycles. The van der Waals surface area contributed by atoms with E-state index < -0.39 is 0 Å². The van der Waals surface area contributed by atoms with Crippen molar-refractivity contribution in [1.82, 2.24) is 0 Å². The number of anilines is 3. The molecule has 0 aliphatic rings. The van der Waals surface area contributed by atoms with Crippen molar-refractivity contribution in [1.29, 1.82) is 0 Å². The summed E-state index contributed by atoms with van der Waals surface area (Å²) in [6, 6.07) is 60.1. The van der Waals surface area contributed by atoms with Crippen LogP contribution in [0.3, 0.4) is 0 Å². The highest BCUT2D eigenvalue weighted by Gasteiger charge is 2.17. The highest BCUT2D eigenvalue weighted by Crippen LogP contribution is 2.39. The van der Waals surface area contributed by atoms with Gasteiger partial charge < -0.3 is 4.90 Å². The molecule has 0 spiro atoms. The second-order valence-corrected chi connectivity index (χ2v) is 15.2. The molecule has 0 N–H and O–H groups in total. The molecule has 0 heterocycles. The minimum atomic E-state index is 0.134. The Morgan fingerprint density at radius 1 is 0.347 bits per heavy atom. The van der Waals surface area contributed by atoms with Crippen LogP contribution in [0.4, 0.5) is 17.1 Å². The summed E-state index contributed by atoms with van der Waals surface area (Å²) in [6.45, 7) is 13.6. The molecule has 7 aromatic carbocycles. The van der Waals surface area contributed by atoms with Crippen molar-refractivity contribution in [2.45, 2.75) is 52.4 Å². The second kappa shape index (κ2) is 12.9. The van der Waals surface area contributed by atoms with E-state index in [1.807, 2.05) is 0 Å². The summed E-state index contributed by atoms with van der Waals surface area (Å²) in [5.41, 5.74) is 13.6. The smallest absolute Gasteiger partial charge is 0.0467 e. The van der Waals surface area contributed by atoms with Crippen LogP contribution in [0.1, 0.15) is 52.7 Å². The number of rotatable bonds is 6. The molecule has 0 aliphatic carbocycles. The molecule has 0 saturated carbocycles. The van der Waals surface area contributed by atoms with Crippen molar-refractivity contribution in [2.24, 2.45) is 0 Å². The topological polar surface area (TPSA) is 3.24 Å². The zero-order valence-corrected chi connectivity index (χ0v) is 29.5. The molecule has 0 amide bonds. The third-order valence-electron chi connectivity index (χ3n) is 9.62. The van der Waals surface area contributed by atoms with Gasteiger partial charge in [0.05, 0.1) is 0 Å². The second-order valence-electron chi connectivity index (χ2n) is 15.2. The highest BCUT2D eigenvalue weighted by atomic mass is 15.1. The van der Waals surface area contributed by atoms with Crippen LogP contribution in [-0.2, 0) is 10.8 Å². The van der Waals surface area contributed by atoms with E-state index in [1.54, 1.807) is 0 Å². The monoisotopic (exact) mass is 635 g/mol. The van der Waals surface area contributed by atoms with Crippen LogP contribution in [0.25, 0.3) is 44.2 Å². The summed E-state index contributed by atoms with van der Waals surface area (Å²) < 4.78 is 0. The minimum absolute atomic E-state index is 0.134. The molecule has 1 nitrogen and oxygen atoms in total. The van der Waals surface area contributed by atoms with Gasteiger partial charge in [-0.3, -0.25) is 0 Å². The van der Waals surface area contributed by atoms with Gasteiger partial charge in [0, 0.05) is 17.1 Å². The fraction of sp³-hybridized carbons (Fsp3) is 0.167. The van der Waals surface area contributed by atoms with Gasteiger partial charge in [0.1, 0.15) is 0 Å². The van der Waals surface area contributed by atoms with Gasteiger partial charge in [-0.2, -0.15) is 0 Å². The summed E-state index contributed by atoms with van der Waals surface area (Å²) >= 11 is 0. The Morgan fingerprint density at radius 3 is 1.27 bits per heavy atom. The molecule has 0 bridgehead atoms. The van der Waals surface area contributed by atoms with Crippen molar-refractivity contribution in [3.05, 3.63) is 175 Å². The predicted molar refractivity (Wildman–Crippen MR) is 212 cm³/mol. The molecule has 0 atom stereocenters. The maximum atomic E-state index is 2.37. The van der Waals surface area contributed by atoms with E-state index in [0.717, 1.165) is 17.1 Å². The molecule has 242 valence electrons.